The summed E-state index contributed by atoms with van der Waals surface area (Å²) in [6, 6.07) is 3.64. The number of nitrogens with zero attached hydrogens (tertiary/aromatic N) is 4. The third-order valence-electron chi connectivity index (χ3n) is 4.03. The minimum atomic E-state index is -3.26. The van der Waals surface area contributed by atoms with Gasteiger partial charge in [0.2, 0.25) is 10.0 Å². The van der Waals surface area contributed by atoms with Crippen LogP contribution in [0, 0.1) is 0 Å². The largest absolute Gasteiger partial charge is 0.491 e. The lowest BCUT2D eigenvalue weighted by molar-refractivity contribution is 0.244. The summed E-state index contributed by atoms with van der Waals surface area (Å²) in [5.74, 6) is 0.627. The molecule has 0 spiro atoms. The smallest absolute Gasteiger partial charge is 0.211 e. The molecule has 0 amide bonds. The molecule has 1 unspecified atom stereocenters. The fourth-order valence-corrected chi connectivity index (χ4v) is 3.62. The first-order valence-electron chi connectivity index (χ1n) is 7.51. The summed E-state index contributed by atoms with van der Waals surface area (Å²) in [6.07, 6.45) is 6.40. The van der Waals surface area contributed by atoms with Gasteiger partial charge in [0.05, 0.1) is 37.5 Å². The number of aryl methyl sites for hydroxylation is 1. The lowest BCUT2D eigenvalue weighted by atomic mass is 9.97. The molecule has 0 radical (unpaired) electrons. The summed E-state index contributed by atoms with van der Waals surface area (Å²) < 4.78 is 33.1. The van der Waals surface area contributed by atoms with Gasteiger partial charge in [-0.15, -0.1) is 0 Å². The molecule has 0 saturated heterocycles. The van der Waals surface area contributed by atoms with Gasteiger partial charge in [-0.25, -0.2) is 8.42 Å². The van der Waals surface area contributed by atoms with Crippen LogP contribution in [0.4, 0.5) is 0 Å². The summed E-state index contributed by atoms with van der Waals surface area (Å²) >= 11 is 0. The first kappa shape index (κ1) is 15.9. The Morgan fingerprint density at radius 2 is 2.22 bits per heavy atom. The summed E-state index contributed by atoms with van der Waals surface area (Å²) in [4.78, 5) is 4.02. The fraction of sp³-hybridized carbons (Fsp3) is 0.467. The lowest BCUT2D eigenvalue weighted by Gasteiger charge is -2.31. The van der Waals surface area contributed by atoms with Crippen LogP contribution < -0.4 is 4.74 Å². The van der Waals surface area contributed by atoms with Crippen LogP contribution in [0.1, 0.15) is 24.1 Å². The van der Waals surface area contributed by atoms with E-state index in [0.29, 0.717) is 32.0 Å². The summed E-state index contributed by atoms with van der Waals surface area (Å²) in [7, 11) is -3.26. The zero-order valence-electron chi connectivity index (χ0n) is 13.2. The minimum Gasteiger partial charge on any atom is -0.491 e. The highest BCUT2D eigenvalue weighted by Crippen LogP contribution is 2.30. The van der Waals surface area contributed by atoms with Crippen molar-refractivity contribution in [3.8, 4) is 5.75 Å². The van der Waals surface area contributed by atoms with E-state index in [1.54, 1.807) is 18.5 Å². The number of hydrogen-bond acceptors (Lipinski definition) is 5. The van der Waals surface area contributed by atoms with E-state index in [4.69, 9.17) is 4.74 Å². The van der Waals surface area contributed by atoms with Crippen LogP contribution in [0.15, 0.2) is 30.7 Å². The highest BCUT2D eigenvalue weighted by Gasteiger charge is 2.33. The fourth-order valence-electron chi connectivity index (χ4n) is 2.81. The Hall–Kier alpha value is -1.93. The predicted octanol–water partition coefficient (Wildman–Crippen LogP) is 1.24. The predicted molar refractivity (Wildman–Crippen MR) is 85.6 cm³/mol. The van der Waals surface area contributed by atoms with Crippen LogP contribution in [0.25, 0.3) is 0 Å². The maximum Gasteiger partial charge on any atom is 0.211 e. The van der Waals surface area contributed by atoms with Gasteiger partial charge in [-0.05, 0) is 19.1 Å². The third-order valence-corrected chi connectivity index (χ3v) is 5.24. The maximum absolute atomic E-state index is 12.0. The molecule has 0 aliphatic carbocycles. The van der Waals surface area contributed by atoms with Crippen molar-refractivity contribution in [3.05, 3.63) is 42.0 Å². The number of aromatic nitrogens is 3. The molecule has 1 atom stereocenters. The van der Waals surface area contributed by atoms with Crippen molar-refractivity contribution in [3.63, 3.8) is 0 Å². The molecule has 1 aliphatic rings. The maximum atomic E-state index is 12.0. The average molecular weight is 336 g/mol. The third kappa shape index (κ3) is 3.37. The number of pyridine rings is 1. The van der Waals surface area contributed by atoms with E-state index < -0.39 is 10.0 Å². The molecule has 1 aliphatic heterocycles. The molecular formula is C15H20N4O3S. The molecule has 8 heteroatoms. The summed E-state index contributed by atoms with van der Waals surface area (Å²) in [5.41, 5.74) is 2.01. The second-order valence-electron chi connectivity index (χ2n) is 5.61. The van der Waals surface area contributed by atoms with E-state index in [1.807, 2.05) is 23.9 Å². The van der Waals surface area contributed by atoms with E-state index in [-0.39, 0.29) is 5.92 Å². The molecule has 23 heavy (non-hydrogen) atoms. The van der Waals surface area contributed by atoms with Crippen LogP contribution >= 0.6 is 0 Å². The Kier molecular flexibility index (Phi) is 4.36. The Balaban J connectivity index is 1.85. The first-order valence-corrected chi connectivity index (χ1v) is 9.36. The zero-order chi connectivity index (χ0) is 16.4. The Bertz CT molecular complexity index is 773. The molecule has 0 bridgehead atoms. The lowest BCUT2D eigenvalue weighted by Crippen LogP contribution is -2.39. The van der Waals surface area contributed by atoms with Gasteiger partial charge in [-0.1, -0.05) is 0 Å². The van der Waals surface area contributed by atoms with Crippen molar-refractivity contribution in [2.24, 2.45) is 0 Å². The van der Waals surface area contributed by atoms with Gasteiger partial charge >= 0.3 is 0 Å². The van der Waals surface area contributed by atoms with Crippen molar-refractivity contribution in [2.45, 2.75) is 25.9 Å². The minimum absolute atomic E-state index is 0.0472. The van der Waals surface area contributed by atoms with Crippen LogP contribution in [0.5, 0.6) is 5.75 Å². The number of hydrogen-bond donors (Lipinski definition) is 0. The first-order chi connectivity index (χ1) is 11.0. The molecule has 7 nitrogen and oxygen atoms in total. The monoisotopic (exact) mass is 336 g/mol. The van der Waals surface area contributed by atoms with Crippen LogP contribution in [0.2, 0.25) is 0 Å². The van der Waals surface area contributed by atoms with Gasteiger partial charge in [0.25, 0.3) is 0 Å². The highest BCUT2D eigenvalue weighted by molar-refractivity contribution is 7.88. The van der Waals surface area contributed by atoms with Gasteiger partial charge in [-0.3, -0.25) is 9.67 Å². The van der Waals surface area contributed by atoms with Crippen LogP contribution in [0.3, 0.4) is 0 Å². The van der Waals surface area contributed by atoms with Crippen molar-refractivity contribution >= 4 is 10.0 Å². The van der Waals surface area contributed by atoms with Gasteiger partial charge < -0.3 is 4.74 Å². The molecule has 2 aromatic rings. The van der Waals surface area contributed by atoms with E-state index in [2.05, 4.69) is 10.1 Å². The molecule has 0 N–H and O–H groups in total. The highest BCUT2D eigenvalue weighted by atomic mass is 32.2. The summed E-state index contributed by atoms with van der Waals surface area (Å²) in [6.45, 7) is 3.87. The molecule has 0 fully saturated rings. The number of sulfonamides is 1. The Morgan fingerprint density at radius 1 is 1.39 bits per heavy atom. The van der Waals surface area contributed by atoms with Crippen LogP contribution in [-0.4, -0.2) is 46.9 Å². The van der Waals surface area contributed by atoms with Gasteiger partial charge in [0, 0.05) is 30.8 Å². The number of rotatable bonds is 5. The molecule has 3 rings (SSSR count). The summed E-state index contributed by atoms with van der Waals surface area (Å²) in [5, 5.41) is 4.37. The van der Waals surface area contributed by atoms with Crippen LogP contribution in [-0.2, 0) is 23.1 Å². The van der Waals surface area contributed by atoms with Crippen molar-refractivity contribution in [1.29, 1.82) is 0 Å². The molecular weight excluding hydrogens is 316 g/mol. The number of ether oxygens (including phenoxy) is 1. The zero-order valence-corrected chi connectivity index (χ0v) is 14.0. The molecule has 2 aromatic heterocycles. The standard InChI is InChI=1S/C15H20N4O3S/c1-3-19-15-10-18(23(2,20)21)9-12(14(15)8-17-19)11-22-13-5-4-6-16-7-13/h4-8,12H,3,9-11H2,1-2H3. The molecule has 0 aromatic carbocycles. The van der Waals surface area contributed by atoms with E-state index >= 15 is 0 Å². The topological polar surface area (TPSA) is 77.3 Å². The number of fused-ring (bicyclic) bond motifs is 1. The van der Waals surface area contributed by atoms with E-state index in [0.717, 1.165) is 11.3 Å². The van der Waals surface area contributed by atoms with Crippen molar-refractivity contribution in [2.75, 3.05) is 19.4 Å². The quantitative estimate of drug-likeness (QED) is 0.821. The van der Waals surface area contributed by atoms with Crippen molar-refractivity contribution in [1.82, 2.24) is 19.1 Å². The van der Waals surface area contributed by atoms with E-state index in [9.17, 15) is 8.42 Å². The SMILES string of the molecule is CCn1ncc2c1CN(S(C)(=O)=O)CC2COc1cccnc1. The van der Waals surface area contributed by atoms with Gasteiger partial charge in [0.1, 0.15) is 5.75 Å². The molecule has 124 valence electrons. The van der Waals surface area contributed by atoms with Gasteiger partial charge in [0.15, 0.2) is 0 Å². The molecule has 3 heterocycles. The average Bonchev–Trinajstić information content (AvgIpc) is 2.96. The Labute approximate surface area is 135 Å². The van der Waals surface area contributed by atoms with E-state index in [1.165, 1.54) is 10.6 Å². The molecule has 0 saturated carbocycles. The normalized spacial score (nSPS) is 18.6. The Morgan fingerprint density at radius 3 is 2.87 bits per heavy atom. The second kappa shape index (κ2) is 6.29. The van der Waals surface area contributed by atoms with Crippen molar-refractivity contribution < 1.29 is 13.2 Å². The van der Waals surface area contributed by atoms with Gasteiger partial charge in [-0.2, -0.15) is 9.40 Å². The second-order valence-corrected chi connectivity index (χ2v) is 7.60.